The minimum atomic E-state index is -1.30. The summed E-state index contributed by atoms with van der Waals surface area (Å²) >= 11 is 3.39. The number of carboxylic acid groups (broad SMARTS) is 1. The highest BCUT2D eigenvalue weighted by Gasteiger charge is 2.77. The topological polar surface area (TPSA) is 61.1 Å². The van der Waals surface area contributed by atoms with Crippen LogP contribution in [0.25, 0.3) is 0 Å². The van der Waals surface area contributed by atoms with Gasteiger partial charge in [-0.3, -0.25) is 4.79 Å². The highest BCUT2D eigenvalue weighted by atomic mass is 79.9. The van der Waals surface area contributed by atoms with Gasteiger partial charge in [-0.15, -0.1) is 0 Å². The van der Waals surface area contributed by atoms with Crippen molar-refractivity contribution in [3.63, 3.8) is 0 Å². The summed E-state index contributed by atoms with van der Waals surface area (Å²) in [6, 6.07) is 7.77. The summed E-state index contributed by atoms with van der Waals surface area (Å²) in [6.45, 7) is 5.63. The Kier molecular flexibility index (Phi) is 2.78. The highest BCUT2D eigenvalue weighted by Crippen LogP contribution is 2.74. The molecule has 0 aliphatic heterocycles. The Labute approximate surface area is 115 Å². The fraction of sp³-hybridized carbons (Fsp3) is 0.429. The second-order valence-corrected chi connectivity index (χ2v) is 6.30. The van der Waals surface area contributed by atoms with Crippen LogP contribution in [0, 0.1) is 29.1 Å². The van der Waals surface area contributed by atoms with Crippen molar-refractivity contribution in [3.05, 3.63) is 33.8 Å². The Morgan fingerprint density at radius 1 is 1.50 bits per heavy atom. The van der Waals surface area contributed by atoms with Crippen molar-refractivity contribution in [2.45, 2.75) is 26.7 Å². The number of nitrogens with zero attached hydrogens (tertiary/aromatic N) is 1. The molecular formula is C14H14BrNO2. The molecule has 0 spiro atoms. The number of hydrogen-bond donors (Lipinski definition) is 1. The van der Waals surface area contributed by atoms with Crippen LogP contribution in [-0.4, -0.2) is 11.1 Å². The zero-order valence-corrected chi connectivity index (χ0v) is 12.1. The van der Waals surface area contributed by atoms with E-state index in [1.54, 1.807) is 0 Å². The fourth-order valence-corrected chi connectivity index (χ4v) is 3.48. The lowest BCUT2D eigenvalue weighted by atomic mass is 9.97. The third-order valence-electron chi connectivity index (χ3n) is 4.14. The van der Waals surface area contributed by atoms with E-state index < -0.39 is 16.8 Å². The van der Waals surface area contributed by atoms with Crippen LogP contribution in [0.15, 0.2) is 22.7 Å². The zero-order chi connectivity index (χ0) is 13.7. The average Bonchev–Trinajstić information content (AvgIpc) is 2.76. The van der Waals surface area contributed by atoms with Gasteiger partial charge >= 0.3 is 5.97 Å². The first-order valence-corrected chi connectivity index (χ1v) is 6.49. The quantitative estimate of drug-likeness (QED) is 0.910. The molecule has 2 rings (SSSR count). The predicted octanol–water partition coefficient (Wildman–Crippen LogP) is 3.48. The van der Waals surface area contributed by atoms with Gasteiger partial charge in [0, 0.05) is 15.8 Å². The first kappa shape index (κ1) is 13.1. The molecule has 94 valence electrons. The number of aryl methyl sites for hydroxylation is 1. The van der Waals surface area contributed by atoms with Gasteiger partial charge in [0.1, 0.15) is 0 Å². The summed E-state index contributed by atoms with van der Waals surface area (Å²) in [5.41, 5.74) is 0.130. The van der Waals surface area contributed by atoms with E-state index >= 15 is 0 Å². The molecule has 1 N–H and O–H groups in total. The van der Waals surface area contributed by atoms with Crippen LogP contribution in [0.1, 0.15) is 30.9 Å². The molecule has 1 saturated carbocycles. The molecule has 0 heterocycles. The van der Waals surface area contributed by atoms with Crippen LogP contribution in [0.2, 0.25) is 0 Å². The van der Waals surface area contributed by atoms with Crippen molar-refractivity contribution in [1.29, 1.82) is 5.26 Å². The lowest BCUT2D eigenvalue weighted by Crippen LogP contribution is -2.19. The SMILES string of the molecule is Cc1cc(Br)ccc1[C@H]1C(C)(C)[C@]1(C#N)C(=O)O. The molecule has 3 nitrogen and oxygen atoms in total. The monoisotopic (exact) mass is 307 g/mol. The third-order valence-corrected chi connectivity index (χ3v) is 4.64. The second-order valence-electron chi connectivity index (χ2n) is 5.38. The molecule has 1 aromatic carbocycles. The Morgan fingerprint density at radius 2 is 2.11 bits per heavy atom. The molecule has 0 radical (unpaired) electrons. The number of aliphatic carboxylic acids is 1. The van der Waals surface area contributed by atoms with E-state index in [0.29, 0.717) is 0 Å². The molecule has 0 aromatic heterocycles. The van der Waals surface area contributed by atoms with E-state index in [1.165, 1.54) is 0 Å². The molecule has 0 bridgehead atoms. The van der Waals surface area contributed by atoms with E-state index in [2.05, 4.69) is 15.9 Å². The van der Waals surface area contributed by atoms with E-state index in [-0.39, 0.29) is 5.92 Å². The largest absolute Gasteiger partial charge is 0.480 e. The van der Waals surface area contributed by atoms with E-state index in [1.807, 2.05) is 45.0 Å². The molecule has 2 atom stereocenters. The average molecular weight is 308 g/mol. The normalized spacial score (nSPS) is 28.5. The van der Waals surface area contributed by atoms with Gasteiger partial charge in [0.2, 0.25) is 0 Å². The standard InChI is InChI=1S/C14H14BrNO2/c1-8-6-9(15)4-5-10(8)11-13(2,3)14(11,7-16)12(17)18/h4-6,11H,1-3H3,(H,17,18)/t11-,14-/m0/s1. The number of nitriles is 1. The van der Waals surface area contributed by atoms with Crippen molar-refractivity contribution in [1.82, 2.24) is 0 Å². The number of carboxylic acids is 1. The van der Waals surface area contributed by atoms with Crippen LogP contribution in [0.5, 0.6) is 0 Å². The number of benzene rings is 1. The Bertz CT molecular complexity index is 574. The van der Waals surface area contributed by atoms with Crippen molar-refractivity contribution < 1.29 is 9.90 Å². The number of halogens is 1. The molecule has 1 aromatic rings. The molecule has 4 heteroatoms. The maximum atomic E-state index is 11.5. The minimum Gasteiger partial charge on any atom is -0.480 e. The van der Waals surface area contributed by atoms with E-state index in [0.717, 1.165) is 15.6 Å². The lowest BCUT2D eigenvalue weighted by molar-refractivity contribution is -0.142. The maximum Gasteiger partial charge on any atom is 0.325 e. The first-order chi connectivity index (χ1) is 8.29. The Morgan fingerprint density at radius 3 is 2.50 bits per heavy atom. The van der Waals surface area contributed by atoms with E-state index in [4.69, 9.17) is 0 Å². The summed E-state index contributed by atoms with van der Waals surface area (Å²) in [6.07, 6.45) is 0. The van der Waals surface area contributed by atoms with Crippen molar-refractivity contribution in [2.75, 3.05) is 0 Å². The summed E-state index contributed by atoms with van der Waals surface area (Å²) < 4.78 is 0.958. The molecule has 0 saturated heterocycles. The van der Waals surface area contributed by atoms with Gasteiger partial charge in [-0.2, -0.15) is 5.26 Å². The molecule has 1 fully saturated rings. The summed E-state index contributed by atoms with van der Waals surface area (Å²) in [7, 11) is 0. The molecule has 18 heavy (non-hydrogen) atoms. The molecular weight excluding hydrogens is 294 g/mol. The number of hydrogen-bond acceptors (Lipinski definition) is 2. The number of carbonyl (C=O) groups is 1. The van der Waals surface area contributed by atoms with E-state index in [9.17, 15) is 15.2 Å². The fourth-order valence-electron chi connectivity index (χ4n) is 3.00. The van der Waals surface area contributed by atoms with Gasteiger partial charge in [0.25, 0.3) is 0 Å². The van der Waals surface area contributed by atoms with Crippen molar-refractivity contribution >= 4 is 21.9 Å². The first-order valence-electron chi connectivity index (χ1n) is 5.69. The molecule has 1 aliphatic carbocycles. The van der Waals surface area contributed by atoms with Crippen LogP contribution >= 0.6 is 15.9 Å². The number of rotatable bonds is 2. The van der Waals surface area contributed by atoms with Crippen molar-refractivity contribution in [3.8, 4) is 6.07 Å². The summed E-state index contributed by atoms with van der Waals surface area (Å²) in [5.74, 6) is -1.28. The lowest BCUT2D eigenvalue weighted by Gasteiger charge is -2.07. The highest BCUT2D eigenvalue weighted by molar-refractivity contribution is 9.10. The van der Waals surface area contributed by atoms with Gasteiger partial charge in [0.05, 0.1) is 6.07 Å². The van der Waals surface area contributed by atoms with Gasteiger partial charge in [0.15, 0.2) is 5.41 Å². The smallest absolute Gasteiger partial charge is 0.325 e. The van der Waals surface area contributed by atoms with Crippen LogP contribution < -0.4 is 0 Å². The zero-order valence-electron chi connectivity index (χ0n) is 10.5. The van der Waals surface area contributed by atoms with Gasteiger partial charge in [-0.1, -0.05) is 35.8 Å². The molecule has 0 amide bonds. The van der Waals surface area contributed by atoms with Crippen LogP contribution in [-0.2, 0) is 4.79 Å². The van der Waals surface area contributed by atoms with Crippen molar-refractivity contribution in [2.24, 2.45) is 10.8 Å². The summed E-state index contributed by atoms with van der Waals surface area (Å²) in [4.78, 5) is 11.5. The Hall–Kier alpha value is -1.34. The Balaban J connectivity index is 2.55. The van der Waals surface area contributed by atoms with Gasteiger partial charge < -0.3 is 5.11 Å². The maximum absolute atomic E-state index is 11.5. The summed E-state index contributed by atoms with van der Waals surface area (Å²) in [5, 5.41) is 18.7. The van der Waals surface area contributed by atoms with Gasteiger partial charge in [-0.05, 0) is 30.2 Å². The van der Waals surface area contributed by atoms with Crippen LogP contribution in [0.3, 0.4) is 0 Å². The third kappa shape index (κ3) is 1.44. The van der Waals surface area contributed by atoms with Crippen LogP contribution in [0.4, 0.5) is 0 Å². The minimum absolute atomic E-state index is 0.249. The van der Waals surface area contributed by atoms with Gasteiger partial charge in [-0.25, -0.2) is 0 Å². The molecule has 0 unspecified atom stereocenters. The predicted molar refractivity (Wildman–Crippen MR) is 71.1 cm³/mol. The molecule has 1 aliphatic rings. The second kappa shape index (κ2) is 3.83.